The molecule has 1 heterocycles. The van der Waals surface area contributed by atoms with E-state index in [1.807, 2.05) is 37.3 Å². The molecule has 1 fully saturated rings. The van der Waals surface area contributed by atoms with E-state index in [2.05, 4.69) is 10.6 Å². The Morgan fingerprint density at radius 3 is 2.80 bits per heavy atom. The molecule has 1 unspecified atom stereocenters. The Kier molecular flexibility index (Phi) is 3.63. The highest BCUT2D eigenvalue weighted by molar-refractivity contribution is 5.78. The molecule has 0 radical (unpaired) electrons. The fraction of sp³-hybridized carbons (Fsp3) is 0.438. The van der Waals surface area contributed by atoms with Crippen molar-refractivity contribution in [3.05, 3.63) is 36.1 Å². The van der Waals surface area contributed by atoms with Gasteiger partial charge >= 0.3 is 6.03 Å². The standard InChI is InChI=1S/C16H20N2O2/c1-11(17-16(19)18-13-7-3-4-8-13)15-10-12-6-2-5-9-14(12)20-15/h2,5-6,9-11,13H,3-4,7-8H2,1H3,(H2,17,18,19). The van der Waals surface area contributed by atoms with Crippen molar-refractivity contribution in [2.45, 2.75) is 44.7 Å². The van der Waals surface area contributed by atoms with Gasteiger partial charge in [-0.2, -0.15) is 0 Å². The third-order valence-electron chi connectivity index (χ3n) is 3.91. The first-order chi connectivity index (χ1) is 9.72. The molecular formula is C16H20N2O2. The van der Waals surface area contributed by atoms with Crippen molar-refractivity contribution in [3.63, 3.8) is 0 Å². The van der Waals surface area contributed by atoms with Crippen molar-refractivity contribution >= 4 is 17.0 Å². The molecule has 4 heteroatoms. The van der Waals surface area contributed by atoms with E-state index in [-0.39, 0.29) is 12.1 Å². The van der Waals surface area contributed by atoms with E-state index in [4.69, 9.17) is 4.42 Å². The van der Waals surface area contributed by atoms with Gasteiger partial charge in [-0.3, -0.25) is 0 Å². The van der Waals surface area contributed by atoms with Crippen LogP contribution in [0.3, 0.4) is 0 Å². The number of carbonyl (C=O) groups is 1. The van der Waals surface area contributed by atoms with Crippen LogP contribution in [0.15, 0.2) is 34.7 Å². The molecule has 0 saturated heterocycles. The first kappa shape index (κ1) is 13.0. The lowest BCUT2D eigenvalue weighted by Crippen LogP contribution is -2.41. The summed E-state index contributed by atoms with van der Waals surface area (Å²) in [5, 5.41) is 7.02. The fourth-order valence-electron chi connectivity index (χ4n) is 2.78. The molecule has 2 aromatic rings. The van der Waals surface area contributed by atoms with E-state index < -0.39 is 0 Å². The number of para-hydroxylation sites is 1. The van der Waals surface area contributed by atoms with Crippen molar-refractivity contribution in [3.8, 4) is 0 Å². The number of amides is 2. The monoisotopic (exact) mass is 272 g/mol. The van der Waals surface area contributed by atoms with Crippen molar-refractivity contribution in [1.29, 1.82) is 0 Å². The molecule has 1 aromatic heterocycles. The zero-order valence-electron chi connectivity index (χ0n) is 11.7. The van der Waals surface area contributed by atoms with Crippen LogP contribution in [-0.4, -0.2) is 12.1 Å². The fourth-order valence-corrected chi connectivity index (χ4v) is 2.78. The molecule has 1 saturated carbocycles. The normalized spacial score (nSPS) is 17.2. The highest BCUT2D eigenvalue weighted by Crippen LogP contribution is 2.23. The lowest BCUT2D eigenvalue weighted by molar-refractivity contribution is 0.232. The zero-order chi connectivity index (χ0) is 13.9. The summed E-state index contributed by atoms with van der Waals surface area (Å²) < 4.78 is 5.76. The second-order valence-electron chi connectivity index (χ2n) is 5.51. The number of fused-ring (bicyclic) bond motifs is 1. The molecule has 3 rings (SSSR count). The summed E-state index contributed by atoms with van der Waals surface area (Å²) >= 11 is 0. The number of rotatable bonds is 3. The molecule has 1 aromatic carbocycles. The van der Waals surface area contributed by atoms with Crippen LogP contribution in [0.25, 0.3) is 11.0 Å². The van der Waals surface area contributed by atoms with Gasteiger partial charge < -0.3 is 15.1 Å². The van der Waals surface area contributed by atoms with Gasteiger partial charge in [0, 0.05) is 11.4 Å². The molecule has 106 valence electrons. The van der Waals surface area contributed by atoms with Gasteiger partial charge in [-0.1, -0.05) is 31.0 Å². The number of benzene rings is 1. The van der Waals surface area contributed by atoms with Gasteiger partial charge in [0.05, 0.1) is 6.04 Å². The predicted molar refractivity (Wildman–Crippen MR) is 78.6 cm³/mol. The van der Waals surface area contributed by atoms with Crippen LogP contribution in [0.1, 0.15) is 44.4 Å². The Morgan fingerprint density at radius 2 is 2.05 bits per heavy atom. The molecule has 1 atom stereocenters. The average molecular weight is 272 g/mol. The minimum absolute atomic E-state index is 0.107. The molecule has 1 aliphatic carbocycles. The van der Waals surface area contributed by atoms with Gasteiger partial charge in [0.1, 0.15) is 11.3 Å². The summed E-state index contributed by atoms with van der Waals surface area (Å²) in [6.07, 6.45) is 4.60. The number of nitrogens with one attached hydrogen (secondary N) is 2. The van der Waals surface area contributed by atoms with Gasteiger partial charge in [-0.25, -0.2) is 4.79 Å². The van der Waals surface area contributed by atoms with Crippen LogP contribution in [0.4, 0.5) is 4.79 Å². The lowest BCUT2D eigenvalue weighted by atomic mass is 10.2. The maximum Gasteiger partial charge on any atom is 0.315 e. The summed E-state index contributed by atoms with van der Waals surface area (Å²) in [5.41, 5.74) is 0.854. The van der Waals surface area contributed by atoms with Gasteiger partial charge in [-0.05, 0) is 31.9 Å². The third-order valence-corrected chi connectivity index (χ3v) is 3.91. The summed E-state index contributed by atoms with van der Waals surface area (Å²) in [7, 11) is 0. The van der Waals surface area contributed by atoms with Crippen LogP contribution in [0.5, 0.6) is 0 Å². The summed E-state index contributed by atoms with van der Waals surface area (Å²) in [5.74, 6) is 0.785. The van der Waals surface area contributed by atoms with Gasteiger partial charge in [0.25, 0.3) is 0 Å². The van der Waals surface area contributed by atoms with E-state index in [1.54, 1.807) is 0 Å². The molecule has 20 heavy (non-hydrogen) atoms. The van der Waals surface area contributed by atoms with Gasteiger partial charge in [-0.15, -0.1) is 0 Å². The Bertz CT molecular complexity index is 566. The van der Waals surface area contributed by atoms with Crippen LogP contribution < -0.4 is 10.6 Å². The van der Waals surface area contributed by atoms with Crippen molar-refractivity contribution < 1.29 is 9.21 Å². The largest absolute Gasteiger partial charge is 0.459 e. The van der Waals surface area contributed by atoms with Crippen molar-refractivity contribution in [2.24, 2.45) is 0 Å². The van der Waals surface area contributed by atoms with Crippen LogP contribution in [-0.2, 0) is 0 Å². The SMILES string of the molecule is CC(NC(=O)NC1CCCC1)c1cc2ccccc2o1. The average Bonchev–Trinajstić information content (AvgIpc) is 3.06. The van der Waals surface area contributed by atoms with Crippen LogP contribution >= 0.6 is 0 Å². The maximum atomic E-state index is 11.9. The number of furan rings is 1. The lowest BCUT2D eigenvalue weighted by Gasteiger charge is -2.16. The molecule has 0 aliphatic heterocycles. The molecule has 1 aliphatic rings. The number of urea groups is 1. The number of carbonyl (C=O) groups excluding carboxylic acids is 1. The Morgan fingerprint density at radius 1 is 1.30 bits per heavy atom. The third kappa shape index (κ3) is 2.79. The van der Waals surface area contributed by atoms with Crippen molar-refractivity contribution in [2.75, 3.05) is 0 Å². The van der Waals surface area contributed by atoms with Gasteiger partial charge in [0.15, 0.2) is 0 Å². The molecule has 2 N–H and O–H groups in total. The smallest absolute Gasteiger partial charge is 0.315 e. The minimum Gasteiger partial charge on any atom is -0.459 e. The Hall–Kier alpha value is -1.97. The first-order valence-electron chi connectivity index (χ1n) is 7.28. The first-order valence-corrected chi connectivity index (χ1v) is 7.28. The Labute approximate surface area is 118 Å². The highest BCUT2D eigenvalue weighted by Gasteiger charge is 2.19. The molecule has 4 nitrogen and oxygen atoms in total. The van der Waals surface area contributed by atoms with Crippen LogP contribution in [0, 0.1) is 0 Å². The zero-order valence-corrected chi connectivity index (χ0v) is 11.7. The van der Waals surface area contributed by atoms with E-state index >= 15 is 0 Å². The molecule has 0 spiro atoms. The van der Waals surface area contributed by atoms with Crippen LogP contribution in [0.2, 0.25) is 0 Å². The Balaban J connectivity index is 1.62. The van der Waals surface area contributed by atoms with E-state index in [1.165, 1.54) is 12.8 Å². The van der Waals surface area contributed by atoms with E-state index in [0.717, 1.165) is 29.6 Å². The highest BCUT2D eigenvalue weighted by atomic mass is 16.3. The molecule has 0 bridgehead atoms. The second kappa shape index (κ2) is 5.57. The quantitative estimate of drug-likeness (QED) is 0.894. The predicted octanol–water partition coefficient (Wildman–Crippen LogP) is 3.74. The molecule has 2 amide bonds. The van der Waals surface area contributed by atoms with Crippen molar-refractivity contribution in [1.82, 2.24) is 10.6 Å². The number of hydrogen-bond donors (Lipinski definition) is 2. The summed E-state index contributed by atoms with van der Waals surface area (Å²) in [4.78, 5) is 11.9. The minimum atomic E-state index is -0.135. The summed E-state index contributed by atoms with van der Waals surface area (Å²) in [6.45, 7) is 1.94. The van der Waals surface area contributed by atoms with E-state index in [0.29, 0.717) is 6.04 Å². The number of hydrogen-bond acceptors (Lipinski definition) is 2. The topological polar surface area (TPSA) is 54.3 Å². The van der Waals surface area contributed by atoms with E-state index in [9.17, 15) is 4.79 Å². The summed E-state index contributed by atoms with van der Waals surface area (Å²) in [6, 6.07) is 9.94. The second-order valence-corrected chi connectivity index (χ2v) is 5.51. The molecular weight excluding hydrogens is 252 g/mol. The maximum absolute atomic E-state index is 11.9. The van der Waals surface area contributed by atoms with Gasteiger partial charge in [0.2, 0.25) is 0 Å².